The molecule has 0 bridgehead atoms. The van der Waals surface area contributed by atoms with E-state index in [1.54, 1.807) is 0 Å². The summed E-state index contributed by atoms with van der Waals surface area (Å²) in [5, 5.41) is 4.60. The number of hydrogen-bond acceptors (Lipinski definition) is 2. The van der Waals surface area contributed by atoms with Crippen LogP contribution in [0.2, 0.25) is 0 Å². The summed E-state index contributed by atoms with van der Waals surface area (Å²) in [4.78, 5) is 0. The summed E-state index contributed by atoms with van der Waals surface area (Å²) in [6, 6.07) is 7.36. The smallest absolute Gasteiger partial charge is 0.0208 e. The summed E-state index contributed by atoms with van der Waals surface area (Å²) in [7, 11) is 0. The predicted molar refractivity (Wildman–Crippen MR) is 85.3 cm³/mol. The Kier molecular flexibility index (Phi) is 5.58. The topological polar surface area (TPSA) is 12.0 Å². The first-order valence-electron chi connectivity index (χ1n) is 6.70. The van der Waals surface area contributed by atoms with Gasteiger partial charge in [-0.1, -0.05) is 28.1 Å². The molecule has 0 heterocycles. The van der Waals surface area contributed by atoms with E-state index in [0.29, 0.717) is 6.04 Å². The molecule has 0 amide bonds. The molecule has 3 heteroatoms. The Labute approximate surface area is 123 Å². The molecule has 0 spiro atoms. The van der Waals surface area contributed by atoms with E-state index >= 15 is 0 Å². The van der Waals surface area contributed by atoms with Crippen molar-refractivity contribution in [3.63, 3.8) is 0 Å². The van der Waals surface area contributed by atoms with Crippen LogP contribution in [0.3, 0.4) is 0 Å². The van der Waals surface area contributed by atoms with Crippen molar-refractivity contribution in [2.24, 2.45) is 0 Å². The standard InChI is InChI=1S/C15H22BrNS/c1-11-3-4-12(9-15(11)16)10-17-13-5-7-14(18-2)8-6-13/h3-4,9,13-14,17H,5-8,10H2,1-2H3. The van der Waals surface area contributed by atoms with Crippen molar-refractivity contribution < 1.29 is 0 Å². The van der Waals surface area contributed by atoms with E-state index in [9.17, 15) is 0 Å². The van der Waals surface area contributed by atoms with Crippen LogP contribution in [0, 0.1) is 6.92 Å². The van der Waals surface area contributed by atoms with Gasteiger partial charge in [0.25, 0.3) is 0 Å². The highest BCUT2D eigenvalue weighted by Gasteiger charge is 2.19. The van der Waals surface area contributed by atoms with Crippen LogP contribution in [0.1, 0.15) is 36.8 Å². The first-order valence-corrected chi connectivity index (χ1v) is 8.78. The molecule has 1 aromatic carbocycles. The minimum Gasteiger partial charge on any atom is -0.310 e. The Morgan fingerprint density at radius 2 is 2.00 bits per heavy atom. The zero-order chi connectivity index (χ0) is 13.0. The first kappa shape index (κ1) is 14.4. The monoisotopic (exact) mass is 327 g/mol. The number of thioether (sulfide) groups is 1. The van der Waals surface area contributed by atoms with E-state index in [-0.39, 0.29) is 0 Å². The van der Waals surface area contributed by atoms with E-state index in [2.05, 4.69) is 52.6 Å². The number of benzene rings is 1. The number of halogens is 1. The van der Waals surface area contributed by atoms with Crippen LogP contribution in [0.15, 0.2) is 22.7 Å². The van der Waals surface area contributed by atoms with Gasteiger partial charge in [-0.3, -0.25) is 0 Å². The fourth-order valence-electron chi connectivity index (χ4n) is 2.51. The lowest BCUT2D eigenvalue weighted by atomic mass is 9.95. The maximum absolute atomic E-state index is 3.70. The van der Waals surface area contributed by atoms with Gasteiger partial charge in [0.05, 0.1) is 0 Å². The molecular formula is C15H22BrNS. The molecule has 1 aromatic rings. The Bertz CT molecular complexity index is 386. The van der Waals surface area contributed by atoms with Crippen molar-refractivity contribution in [2.75, 3.05) is 6.26 Å². The third kappa shape index (κ3) is 4.01. The molecule has 0 aliphatic heterocycles. The Balaban J connectivity index is 1.79. The fraction of sp³-hybridized carbons (Fsp3) is 0.600. The zero-order valence-corrected chi connectivity index (χ0v) is 13.6. The molecule has 0 aromatic heterocycles. The first-order chi connectivity index (χ1) is 8.69. The minimum absolute atomic E-state index is 0.716. The van der Waals surface area contributed by atoms with Crippen LogP contribution in [0.25, 0.3) is 0 Å². The van der Waals surface area contributed by atoms with Gasteiger partial charge < -0.3 is 5.32 Å². The molecule has 18 heavy (non-hydrogen) atoms. The summed E-state index contributed by atoms with van der Waals surface area (Å²) in [6.45, 7) is 3.12. The molecule has 1 aliphatic carbocycles. The molecule has 1 nitrogen and oxygen atoms in total. The van der Waals surface area contributed by atoms with E-state index in [1.165, 1.54) is 41.3 Å². The average Bonchev–Trinajstić information content (AvgIpc) is 2.41. The summed E-state index contributed by atoms with van der Waals surface area (Å²) >= 11 is 5.63. The van der Waals surface area contributed by atoms with Gasteiger partial charge in [-0.25, -0.2) is 0 Å². The van der Waals surface area contributed by atoms with Crippen LogP contribution in [-0.2, 0) is 6.54 Å². The molecular weight excluding hydrogens is 306 g/mol. The summed E-state index contributed by atoms with van der Waals surface area (Å²) in [6.07, 6.45) is 7.65. The minimum atomic E-state index is 0.716. The van der Waals surface area contributed by atoms with Gasteiger partial charge in [-0.15, -0.1) is 0 Å². The molecule has 2 rings (SSSR count). The van der Waals surface area contributed by atoms with Gasteiger partial charge in [0.2, 0.25) is 0 Å². The lowest BCUT2D eigenvalue weighted by Gasteiger charge is -2.28. The molecule has 1 aliphatic rings. The predicted octanol–water partition coefficient (Wildman–Crippen LogP) is 4.52. The second kappa shape index (κ2) is 6.97. The van der Waals surface area contributed by atoms with Crippen molar-refractivity contribution >= 4 is 27.7 Å². The van der Waals surface area contributed by atoms with Crippen LogP contribution >= 0.6 is 27.7 Å². The quantitative estimate of drug-likeness (QED) is 0.872. The van der Waals surface area contributed by atoms with Crippen LogP contribution < -0.4 is 5.32 Å². The molecule has 0 saturated heterocycles. The summed E-state index contributed by atoms with van der Waals surface area (Å²) in [5.74, 6) is 0. The average molecular weight is 328 g/mol. The highest BCUT2D eigenvalue weighted by Crippen LogP contribution is 2.27. The second-order valence-electron chi connectivity index (χ2n) is 5.17. The maximum Gasteiger partial charge on any atom is 0.0208 e. The number of nitrogens with one attached hydrogen (secondary N) is 1. The Morgan fingerprint density at radius 3 is 2.61 bits per heavy atom. The maximum atomic E-state index is 3.70. The summed E-state index contributed by atoms with van der Waals surface area (Å²) < 4.78 is 1.22. The van der Waals surface area contributed by atoms with Gasteiger partial charge in [-0.05, 0) is 56.1 Å². The normalized spacial score (nSPS) is 24.2. The van der Waals surface area contributed by atoms with Crippen molar-refractivity contribution in [3.8, 4) is 0 Å². The number of hydrogen-bond donors (Lipinski definition) is 1. The highest BCUT2D eigenvalue weighted by atomic mass is 79.9. The molecule has 1 fully saturated rings. The molecule has 0 radical (unpaired) electrons. The van der Waals surface area contributed by atoms with Crippen molar-refractivity contribution in [2.45, 2.75) is 50.4 Å². The van der Waals surface area contributed by atoms with Gasteiger partial charge in [0.1, 0.15) is 0 Å². The van der Waals surface area contributed by atoms with Crippen molar-refractivity contribution in [3.05, 3.63) is 33.8 Å². The number of rotatable bonds is 4. The van der Waals surface area contributed by atoms with Gasteiger partial charge in [0.15, 0.2) is 0 Å². The van der Waals surface area contributed by atoms with E-state index < -0.39 is 0 Å². The third-order valence-corrected chi connectivity index (χ3v) is 5.83. The lowest BCUT2D eigenvalue weighted by molar-refractivity contribution is 0.379. The van der Waals surface area contributed by atoms with Gasteiger partial charge in [-0.2, -0.15) is 11.8 Å². The highest BCUT2D eigenvalue weighted by molar-refractivity contribution is 9.10. The largest absolute Gasteiger partial charge is 0.310 e. The molecule has 1 saturated carbocycles. The van der Waals surface area contributed by atoms with Crippen molar-refractivity contribution in [1.82, 2.24) is 5.32 Å². The Hall–Kier alpha value is 0.01000. The van der Waals surface area contributed by atoms with Crippen LogP contribution in [0.5, 0.6) is 0 Å². The molecule has 100 valence electrons. The number of aryl methyl sites for hydroxylation is 1. The fourth-order valence-corrected chi connectivity index (χ4v) is 3.68. The van der Waals surface area contributed by atoms with Crippen LogP contribution in [-0.4, -0.2) is 17.5 Å². The molecule has 1 N–H and O–H groups in total. The lowest BCUT2D eigenvalue weighted by Crippen LogP contribution is -2.33. The third-order valence-electron chi connectivity index (χ3n) is 3.84. The zero-order valence-electron chi connectivity index (χ0n) is 11.2. The molecule has 0 atom stereocenters. The van der Waals surface area contributed by atoms with E-state index in [4.69, 9.17) is 0 Å². The molecule has 0 unspecified atom stereocenters. The van der Waals surface area contributed by atoms with Crippen molar-refractivity contribution in [1.29, 1.82) is 0 Å². The second-order valence-corrected chi connectivity index (χ2v) is 7.17. The van der Waals surface area contributed by atoms with Gasteiger partial charge >= 0.3 is 0 Å². The Morgan fingerprint density at radius 1 is 1.28 bits per heavy atom. The van der Waals surface area contributed by atoms with E-state index in [0.717, 1.165) is 11.8 Å². The van der Waals surface area contributed by atoms with Gasteiger partial charge in [0, 0.05) is 22.3 Å². The summed E-state index contributed by atoms with van der Waals surface area (Å²) in [5.41, 5.74) is 2.68. The SMILES string of the molecule is CSC1CCC(NCc2ccc(C)c(Br)c2)CC1. The van der Waals surface area contributed by atoms with Crippen LogP contribution in [0.4, 0.5) is 0 Å². The van der Waals surface area contributed by atoms with E-state index in [1.807, 2.05) is 11.8 Å².